The zero-order valence-electron chi connectivity index (χ0n) is 11.4. The third-order valence-corrected chi connectivity index (χ3v) is 3.25. The lowest BCUT2D eigenvalue weighted by Gasteiger charge is -2.23. The van der Waals surface area contributed by atoms with Crippen molar-refractivity contribution in [3.05, 3.63) is 35.2 Å². The number of hydrazine groups is 1. The van der Waals surface area contributed by atoms with Gasteiger partial charge in [0.05, 0.1) is 6.54 Å². The van der Waals surface area contributed by atoms with Crippen LogP contribution in [0.2, 0.25) is 0 Å². The van der Waals surface area contributed by atoms with Crippen molar-refractivity contribution in [3.8, 4) is 11.5 Å². The predicted molar refractivity (Wildman–Crippen MR) is 68.3 cm³/mol. The van der Waals surface area contributed by atoms with Gasteiger partial charge in [-0.05, 0) is 17.7 Å². The highest BCUT2D eigenvalue weighted by Gasteiger charge is 2.29. The fraction of sp³-hybridized carbons (Fsp3) is 0.308. The summed E-state index contributed by atoms with van der Waals surface area (Å²) in [6.45, 7) is 0.480. The molecule has 0 saturated carbocycles. The number of benzene rings is 1. The molecule has 0 fully saturated rings. The highest BCUT2D eigenvalue weighted by molar-refractivity contribution is 5.99. The molecular weight excluding hydrogens is 282 g/mol. The Morgan fingerprint density at radius 2 is 2.10 bits per heavy atom. The molecular formula is C13H12F2N4O2. The summed E-state index contributed by atoms with van der Waals surface area (Å²) in [4.78, 5) is 12.2. The number of nitrogens with zero attached hydrogens (tertiary/aromatic N) is 4. The Kier molecular flexibility index (Phi) is 3.17. The Morgan fingerprint density at radius 3 is 2.71 bits per heavy atom. The van der Waals surface area contributed by atoms with Crippen molar-refractivity contribution in [3.63, 3.8) is 0 Å². The van der Waals surface area contributed by atoms with Crippen LogP contribution in [-0.4, -0.2) is 40.2 Å². The molecule has 1 amide bonds. The SMILES string of the molecule is CN(C)N1Cc2ccc(-c3nnc(C(F)F)o3)cc2C1=O. The van der Waals surface area contributed by atoms with Gasteiger partial charge in [-0.1, -0.05) is 6.07 Å². The van der Waals surface area contributed by atoms with Crippen LogP contribution in [0.3, 0.4) is 0 Å². The van der Waals surface area contributed by atoms with Gasteiger partial charge in [0.25, 0.3) is 11.8 Å². The molecule has 0 N–H and O–H groups in total. The Bertz CT molecular complexity index is 699. The van der Waals surface area contributed by atoms with Crippen LogP contribution in [0.4, 0.5) is 8.78 Å². The fourth-order valence-electron chi connectivity index (χ4n) is 2.18. The van der Waals surface area contributed by atoms with Crippen LogP contribution in [0.1, 0.15) is 28.2 Å². The summed E-state index contributed by atoms with van der Waals surface area (Å²) in [6, 6.07) is 5.02. The number of hydrogen-bond acceptors (Lipinski definition) is 5. The highest BCUT2D eigenvalue weighted by Crippen LogP contribution is 2.29. The van der Waals surface area contributed by atoms with Gasteiger partial charge in [-0.25, -0.2) is 5.01 Å². The molecule has 8 heteroatoms. The molecule has 0 spiro atoms. The van der Waals surface area contributed by atoms with Crippen LogP contribution in [-0.2, 0) is 6.54 Å². The van der Waals surface area contributed by atoms with E-state index in [1.807, 2.05) is 0 Å². The van der Waals surface area contributed by atoms with E-state index in [2.05, 4.69) is 10.2 Å². The number of amides is 1. The van der Waals surface area contributed by atoms with E-state index in [4.69, 9.17) is 4.42 Å². The minimum atomic E-state index is -2.81. The second-order valence-electron chi connectivity index (χ2n) is 4.83. The van der Waals surface area contributed by atoms with Crippen molar-refractivity contribution in [2.24, 2.45) is 0 Å². The van der Waals surface area contributed by atoms with Crippen LogP contribution in [0.5, 0.6) is 0 Å². The Balaban J connectivity index is 1.96. The molecule has 1 aliphatic heterocycles. The van der Waals surface area contributed by atoms with Crippen molar-refractivity contribution in [1.82, 2.24) is 20.2 Å². The maximum Gasteiger partial charge on any atom is 0.314 e. The van der Waals surface area contributed by atoms with Crippen molar-refractivity contribution in [2.75, 3.05) is 14.1 Å². The summed E-state index contributed by atoms with van der Waals surface area (Å²) < 4.78 is 29.8. The maximum atomic E-state index is 12.5. The van der Waals surface area contributed by atoms with E-state index in [1.54, 1.807) is 42.3 Å². The first-order chi connectivity index (χ1) is 9.97. The number of carbonyl (C=O) groups excluding carboxylic acids is 1. The third kappa shape index (κ3) is 2.27. The number of halogens is 2. The first-order valence-electron chi connectivity index (χ1n) is 6.21. The van der Waals surface area contributed by atoms with Gasteiger partial charge in [0.2, 0.25) is 5.89 Å². The van der Waals surface area contributed by atoms with E-state index in [9.17, 15) is 13.6 Å². The molecule has 1 aromatic carbocycles. The number of alkyl halides is 2. The third-order valence-electron chi connectivity index (χ3n) is 3.25. The minimum Gasteiger partial charge on any atom is -0.415 e. The highest BCUT2D eigenvalue weighted by atomic mass is 19.3. The standard InChI is InChI=1S/C13H12F2N4O2/c1-18(2)19-6-8-4-3-7(5-9(8)13(19)20)11-16-17-12(21-11)10(14)15/h3-5,10H,6H2,1-2H3. The summed E-state index contributed by atoms with van der Waals surface area (Å²) in [6.07, 6.45) is -2.81. The lowest BCUT2D eigenvalue weighted by Crippen LogP contribution is -2.36. The number of carbonyl (C=O) groups is 1. The molecule has 0 aliphatic carbocycles. The fourth-order valence-corrected chi connectivity index (χ4v) is 2.18. The molecule has 21 heavy (non-hydrogen) atoms. The van der Waals surface area contributed by atoms with Crippen molar-refractivity contribution in [2.45, 2.75) is 13.0 Å². The second-order valence-corrected chi connectivity index (χ2v) is 4.83. The van der Waals surface area contributed by atoms with Gasteiger partial charge in [0.15, 0.2) is 0 Å². The summed E-state index contributed by atoms with van der Waals surface area (Å²) in [5.74, 6) is -0.901. The van der Waals surface area contributed by atoms with E-state index in [0.717, 1.165) is 5.56 Å². The summed E-state index contributed by atoms with van der Waals surface area (Å²) in [7, 11) is 3.55. The number of fused-ring (bicyclic) bond motifs is 1. The molecule has 0 atom stereocenters. The van der Waals surface area contributed by atoms with Crippen molar-refractivity contribution < 1.29 is 18.0 Å². The normalized spacial score (nSPS) is 14.4. The number of hydrogen-bond donors (Lipinski definition) is 0. The van der Waals surface area contributed by atoms with Crippen LogP contribution >= 0.6 is 0 Å². The van der Waals surface area contributed by atoms with E-state index < -0.39 is 12.3 Å². The van der Waals surface area contributed by atoms with E-state index in [0.29, 0.717) is 17.7 Å². The van der Waals surface area contributed by atoms with Crippen LogP contribution in [0, 0.1) is 0 Å². The summed E-state index contributed by atoms with van der Waals surface area (Å²) in [5, 5.41) is 10.1. The van der Waals surface area contributed by atoms with E-state index in [-0.39, 0.29) is 11.8 Å². The Labute approximate surface area is 118 Å². The first kappa shape index (κ1) is 13.6. The Morgan fingerprint density at radius 1 is 1.33 bits per heavy atom. The average molecular weight is 294 g/mol. The molecule has 0 unspecified atom stereocenters. The monoisotopic (exact) mass is 294 g/mol. The zero-order chi connectivity index (χ0) is 15.1. The molecule has 6 nitrogen and oxygen atoms in total. The maximum absolute atomic E-state index is 12.5. The number of rotatable bonds is 3. The molecule has 0 saturated heterocycles. The lowest BCUT2D eigenvalue weighted by molar-refractivity contribution is 0.0223. The average Bonchev–Trinajstić information content (AvgIpc) is 3.04. The molecule has 110 valence electrons. The van der Waals surface area contributed by atoms with E-state index in [1.165, 1.54) is 0 Å². The van der Waals surface area contributed by atoms with Gasteiger partial charge < -0.3 is 4.42 Å². The minimum absolute atomic E-state index is 0.0239. The van der Waals surface area contributed by atoms with Crippen LogP contribution in [0.25, 0.3) is 11.5 Å². The zero-order valence-corrected chi connectivity index (χ0v) is 11.4. The Hall–Kier alpha value is -2.35. The molecule has 1 aliphatic rings. The lowest BCUT2D eigenvalue weighted by atomic mass is 10.1. The molecule has 3 rings (SSSR count). The van der Waals surface area contributed by atoms with Gasteiger partial charge >= 0.3 is 6.43 Å². The quantitative estimate of drug-likeness (QED) is 0.867. The number of aromatic nitrogens is 2. The predicted octanol–water partition coefficient (Wildman–Crippen LogP) is 2.11. The topological polar surface area (TPSA) is 62.5 Å². The van der Waals surface area contributed by atoms with Gasteiger partial charge in [-0.2, -0.15) is 8.78 Å². The first-order valence-corrected chi connectivity index (χ1v) is 6.21. The van der Waals surface area contributed by atoms with Gasteiger partial charge in [-0.3, -0.25) is 9.80 Å². The molecule has 2 heterocycles. The second kappa shape index (κ2) is 4.88. The molecule has 1 aromatic heterocycles. The molecule has 0 bridgehead atoms. The smallest absolute Gasteiger partial charge is 0.314 e. The van der Waals surface area contributed by atoms with Gasteiger partial charge in [0, 0.05) is 25.2 Å². The summed E-state index contributed by atoms with van der Waals surface area (Å²) in [5.41, 5.74) is 1.83. The molecule has 2 aromatic rings. The van der Waals surface area contributed by atoms with Gasteiger partial charge in [0.1, 0.15) is 0 Å². The van der Waals surface area contributed by atoms with Crippen LogP contribution in [0.15, 0.2) is 22.6 Å². The van der Waals surface area contributed by atoms with Crippen molar-refractivity contribution in [1.29, 1.82) is 0 Å². The summed E-state index contributed by atoms with van der Waals surface area (Å²) >= 11 is 0. The molecule has 0 radical (unpaired) electrons. The largest absolute Gasteiger partial charge is 0.415 e. The van der Waals surface area contributed by atoms with Gasteiger partial charge in [-0.15, -0.1) is 10.2 Å². The van der Waals surface area contributed by atoms with Crippen molar-refractivity contribution >= 4 is 5.91 Å². The van der Waals surface area contributed by atoms with Crippen LogP contribution < -0.4 is 0 Å². The van der Waals surface area contributed by atoms with E-state index >= 15 is 0 Å².